The minimum absolute atomic E-state index is 0.190. The normalized spacial score (nSPS) is 17.6. The minimum atomic E-state index is -4.59. The van der Waals surface area contributed by atoms with Crippen molar-refractivity contribution < 1.29 is 26.3 Å². The van der Waals surface area contributed by atoms with Gasteiger partial charge in [0.05, 0.1) is 28.4 Å². The second-order valence-electron chi connectivity index (χ2n) is 10.2. The third-order valence-corrected chi connectivity index (χ3v) is 7.19. The molecule has 0 bridgehead atoms. The molecule has 40 heavy (non-hydrogen) atoms. The Balaban J connectivity index is 1.60. The molecule has 0 radical (unpaired) electrons. The molecule has 0 amide bonds. The van der Waals surface area contributed by atoms with Crippen molar-refractivity contribution in [3.05, 3.63) is 77.7 Å². The Hall–Kier alpha value is -3.73. The van der Waals surface area contributed by atoms with Crippen molar-refractivity contribution in [2.45, 2.75) is 45.1 Å². The Kier molecular flexibility index (Phi) is 7.43. The highest BCUT2D eigenvalue weighted by Gasteiger charge is 2.34. The van der Waals surface area contributed by atoms with Crippen molar-refractivity contribution >= 4 is 22.4 Å². The van der Waals surface area contributed by atoms with Gasteiger partial charge in [0.15, 0.2) is 0 Å². The Morgan fingerprint density at radius 1 is 0.950 bits per heavy atom. The van der Waals surface area contributed by atoms with Crippen molar-refractivity contribution in [3.63, 3.8) is 0 Å². The zero-order valence-corrected chi connectivity index (χ0v) is 21.8. The molecule has 5 rings (SSSR count). The maximum Gasteiger partial charge on any atom is 0.418 e. The summed E-state index contributed by atoms with van der Waals surface area (Å²) in [7, 11) is 0. The van der Waals surface area contributed by atoms with Crippen LogP contribution in [0.2, 0.25) is 0 Å². The predicted molar refractivity (Wildman–Crippen MR) is 141 cm³/mol. The summed E-state index contributed by atoms with van der Waals surface area (Å²) in [5, 5.41) is 3.61. The number of likely N-dealkylation sites (tertiary alicyclic amines) is 1. The third-order valence-electron chi connectivity index (χ3n) is 7.19. The average Bonchev–Trinajstić information content (AvgIpc) is 2.91. The number of alkyl halides is 6. The summed E-state index contributed by atoms with van der Waals surface area (Å²) in [5.41, 5.74) is -0.835. The Labute approximate surface area is 227 Å². The average molecular weight is 560 g/mol. The summed E-state index contributed by atoms with van der Waals surface area (Å²) in [6.07, 6.45) is -5.61. The van der Waals surface area contributed by atoms with E-state index >= 15 is 0 Å². The fourth-order valence-corrected chi connectivity index (χ4v) is 5.06. The van der Waals surface area contributed by atoms with Gasteiger partial charge in [0, 0.05) is 29.4 Å². The molecular formula is C29H27F6N5. The molecule has 4 aromatic rings. The van der Waals surface area contributed by atoms with Gasteiger partial charge in [-0.3, -0.25) is 9.88 Å². The summed E-state index contributed by atoms with van der Waals surface area (Å²) in [5.74, 6) is 1.31. The first kappa shape index (κ1) is 27.8. The first-order chi connectivity index (χ1) is 18.9. The minimum Gasteiger partial charge on any atom is -0.340 e. The fourth-order valence-electron chi connectivity index (χ4n) is 5.06. The van der Waals surface area contributed by atoms with Crippen LogP contribution in [-0.2, 0) is 12.4 Å². The summed E-state index contributed by atoms with van der Waals surface area (Å²) >= 11 is 0. The van der Waals surface area contributed by atoms with Crippen LogP contribution in [-0.4, -0.2) is 32.9 Å². The van der Waals surface area contributed by atoms with E-state index in [2.05, 4.69) is 22.1 Å². The van der Waals surface area contributed by atoms with Crippen LogP contribution in [0.25, 0.3) is 22.2 Å². The highest BCUT2D eigenvalue weighted by atomic mass is 19.4. The molecule has 0 saturated carbocycles. The van der Waals surface area contributed by atoms with Crippen LogP contribution >= 0.6 is 0 Å². The molecule has 1 aliphatic rings. The van der Waals surface area contributed by atoms with Crippen molar-refractivity contribution in [2.24, 2.45) is 5.92 Å². The molecule has 1 saturated heterocycles. The number of pyridine rings is 1. The Morgan fingerprint density at radius 3 is 2.38 bits per heavy atom. The molecule has 3 heterocycles. The van der Waals surface area contributed by atoms with Crippen molar-refractivity contribution in [2.75, 3.05) is 18.4 Å². The van der Waals surface area contributed by atoms with E-state index < -0.39 is 23.5 Å². The van der Waals surface area contributed by atoms with Gasteiger partial charge < -0.3 is 5.32 Å². The molecule has 1 fully saturated rings. The lowest BCUT2D eigenvalue weighted by Crippen LogP contribution is -2.37. The molecule has 1 aliphatic heterocycles. The maximum atomic E-state index is 13.7. The maximum absolute atomic E-state index is 13.7. The van der Waals surface area contributed by atoms with Crippen LogP contribution in [0.15, 0.2) is 60.8 Å². The lowest BCUT2D eigenvalue weighted by atomic mass is 9.98. The summed E-state index contributed by atoms with van der Waals surface area (Å²) in [4.78, 5) is 15.8. The number of nitrogens with one attached hydrogen (secondary N) is 1. The number of piperidine rings is 1. The van der Waals surface area contributed by atoms with Crippen LogP contribution in [0.1, 0.15) is 49.7 Å². The smallest absolute Gasteiger partial charge is 0.340 e. The first-order valence-corrected chi connectivity index (χ1v) is 12.9. The van der Waals surface area contributed by atoms with Gasteiger partial charge in [0.25, 0.3) is 0 Å². The van der Waals surface area contributed by atoms with Crippen LogP contribution in [0.3, 0.4) is 0 Å². The highest BCUT2D eigenvalue weighted by Crippen LogP contribution is 2.38. The number of fused-ring (bicyclic) bond motifs is 1. The van der Waals surface area contributed by atoms with E-state index in [1.807, 2.05) is 6.92 Å². The number of benzene rings is 2. The topological polar surface area (TPSA) is 53.9 Å². The van der Waals surface area contributed by atoms with Gasteiger partial charge in [-0.2, -0.15) is 26.3 Å². The van der Waals surface area contributed by atoms with E-state index in [9.17, 15) is 26.3 Å². The second-order valence-corrected chi connectivity index (χ2v) is 10.2. The van der Waals surface area contributed by atoms with Crippen molar-refractivity contribution in [1.29, 1.82) is 0 Å². The van der Waals surface area contributed by atoms with Crippen LogP contribution < -0.4 is 5.32 Å². The molecule has 11 heteroatoms. The molecule has 2 atom stereocenters. The molecule has 2 aromatic carbocycles. The van der Waals surface area contributed by atoms with E-state index in [4.69, 9.17) is 9.97 Å². The Morgan fingerprint density at radius 2 is 1.70 bits per heavy atom. The SMILES string of the molecule is CC1CCCN(C(C)c2nc(Nc3ccc(C(F)(F)F)cc3)c3ccc(-c4ncccc4C(F)(F)F)cc3n2)C1. The standard InChI is InChI=1S/C29H27F6N5/c1-17-5-4-14-40(16-17)18(2)26-38-24-15-19(25-23(29(33,34)35)6-3-13-36-25)7-12-22(24)27(39-26)37-21-10-8-20(9-11-21)28(30,31)32/h3,6-13,15,17-18H,4-5,14,16H2,1-2H3,(H,37,38,39). The quantitative estimate of drug-likeness (QED) is 0.250. The molecule has 2 aromatic heterocycles. The molecule has 1 N–H and O–H groups in total. The molecular weight excluding hydrogens is 532 g/mol. The number of nitrogens with zero attached hydrogens (tertiary/aromatic N) is 4. The number of hydrogen-bond acceptors (Lipinski definition) is 5. The van der Waals surface area contributed by atoms with Crippen molar-refractivity contribution in [1.82, 2.24) is 19.9 Å². The van der Waals surface area contributed by atoms with E-state index in [1.54, 1.807) is 12.1 Å². The molecule has 0 aliphatic carbocycles. The number of rotatable bonds is 5. The van der Waals surface area contributed by atoms with E-state index in [1.165, 1.54) is 30.5 Å². The van der Waals surface area contributed by atoms with Crippen LogP contribution in [0, 0.1) is 5.92 Å². The summed E-state index contributed by atoms with van der Waals surface area (Å²) in [6.45, 7) is 5.87. The molecule has 210 valence electrons. The summed E-state index contributed by atoms with van der Waals surface area (Å²) < 4.78 is 80.3. The van der Waals surface area contributed by atoms with Gasteiger partial charge >= 0.3 is 12.4 Å². The van der Waals surface area contributed by atoms with E-state index in [-0.39, 0.29) is 17.3 Å². The number of aromatic nitrogens is 3. The van der Waals surface area contributed by atoms with Crippen LogP contribution in [0.4, 0.5) is 37.8 Å². The monoisotopic (exact) mass is 559 g/mol. The van der Waals surface area contributed by atoms with Gasteiger partial charge in [-0.1, -0.05) is 13.0 Å². The molecule has 5 nitrogen and oxygen atoms in total. The summed E-state index contributed by atoms with van der Waals surface area (Å²) in [6, 6.07) is 11.3. The fraction of sp³-hybridized carbons (Fsp3) is 0.345. The number of anilines is 2. The lowest BCUT2D eigenvalue weighted by Gasteiger charge is -2.35. The van der Waals surface area contributed by atoms with E-state index in [0.717, 1.165) is 44.1 Å². The third kappa shape index (κ3) is 5.89. The Bertz CT molecular complexity index is 1500. The van der Waals surface area contributed by atoms with Gasteiger partial charge in [-0.05, 0) is 80.8 Å². The predicted octanol–water partition coefficient (Wildman–Crippen LogP) is 8.27. The second kappa shape index (κ2) is 10.7. The van der Waals surface area contributed by atoms with Gasteiger partial charge in [-0.15, -0.1) is 0 Å². The van der Waals surface area contributed by atoms with Gasteiger partial charge in [0.1, 0.15) is 11.6 Å². The van der Waals surface area contributed by atoms with E-state index in [0.29, 0.717) is 34.2 Å². The largest absolute Gasteiger partial charge is 0.418 e. The highest BCUT2D eigenvalue weighted by molar-refractivity contribution is 5.93. The number of hydrogen-bond donors (Lipinski definition) is 1. The van der Waals surface area contributed by atoms with Crippen LogP contribution in [0.5, 0.6) is 0 Å². The first-order valence-electron chi connectivity index (χ1n) is 12.9. The van der Waals surface area contributed by atoms with Gasteiger partial charge in [0.2, 0.25) is 0 Å². The van der Waals surface area contributed by atoms with Gasteiger partial charge in [-0.25, -0.2) is 9.97 Å². The zero-order chi connectivity index (χ0) is 28.7. The molecule has 2 unspecified atom stereocenters. The number of halogens is 6. The zero-order valence-electron chi connectivity index (χ0n) is 21.8. The molecule has 0 spiro atoms. The van der Waals surface area contributed by atoms with Crippen molar-refractivity contribution in [3.8, 4) is 11.3 Å². The lowest BCUT2D eigenvalue weighted by molar-refractivity contribution is -0.138.